The van der Waals surface area contributed by atoms with Crippen LogP contribution >= 0.6 is 11.3 Å². The van der Waals surface area contributed by atoms with E-state index in [4.69, 9.17) is 0 Å². The molecule has 1 aliphatic rings. The first-order valence-electron chi connectivity index (χ1n) is 6.72. The van der Waals surface area contributed by atoms with Crippen molar-refractivity contribution in [3.63, 3.8) is 0 Å². The average Bonchev–Trinajstić information content (AvgIpc) is 3.11. The maximum absolute atomic E-state index is 12.1. The Hall–Kier alpha value is -1.18. The first-order valence-corrected chi connectivity index (χ1v) is 9.02. The molecule has 0 saturated carbocycles. The topological polar surface area (TPSA) is 74.8 Å². The van der Waals surface area contributed by atoms with Gasteiger partial charge in [0.2, 0.25) is 0 Å². The lowest BCUT2D eigenvalue weighted by Crippen LogP contribution is -2.23. The molecule has 2 aromatic heterocycles. The van der Waals surface area contributed by atoms with Crippen molar-refractivity contribution in [1.82, 2.24) is 14.7 Å². The van der Waals surface area contributed by atoms with Crippen molar-refractivity contribution in [3.8, 4) is 0 Å². The average molecular weight is 311 g/mol. The van der Waals surface area contributed by atoms with Gasteiger partial charge >= 0.3 is 0 Å². The number of imidazole rings is 1. The third-order valence-corrected chi connectivity index (χ3v) is 6.01. The van der Waals surface area contributed by atoms with E-state index in [9.17, 15) is 8.42 Å². The first kappa shape index (κ1) is 13.8. The van der Waals surface area contributed by atoms with Gasteiger partial charge in [0.05, 0.1) is 6.20 Å². The number of hydrogen-bond donors (Lipinski definition) is 2. The van der Waals surface area contributed by atoms with Gasteiger partial charge in [0.1, 0.15) is 5.82 Å². The van der Waals surface area contributed by atoms with Crippen LogP contribution in [0.5, 0.6) is 0 Å². The summed E-state index contributed by atoms with van der Waals surface area (Å²) in [6, 6.07) is 2.12. The number of rotatable bonds is 5. The highest BCUT2D eigenvalue weighted by molar-refractivity contribution is 7.89. The Kier molecular flexibility index (Phi) is 3.66. The summed E-state index contributed by atoms with van der Waals surface area (Å²) in [5, 5.41) is 0.137. The summed E-state index contributed by atoms with van der Waals surface area (Å²) in [6.07, 6.45) is 5.54. The predicted molar refractivity (Wildman–Crippen MR) is 78.3 cm³/mol. The van der Waals surface area contributed by atoms with E-state index in [1.807, 2.05) is 6.92 Å². The molecule has 0 bridgehead atoms. The van der Waals surface area contributed by atoms with Gasteiger partial charge in [-0.15, -0.1) is 11.3 Å². The van der Waals surface area contributed by atoms with Crippen LogP contribution in [0.15, 0.2) is 17.3 Å². The molecule has 0 aromatic carbocycles. The summed E-state index contributed by atoms with van der Waals surface area (Å²) in [7, 11) is -3.50. The SMILES string of the molecule is CCc1ncc(S(=O)(=O)NCc2cc3c(s2)CCC3)[nH]1. The first-order chi connectivity index (χ1) is 9.58. The molecule has 0 fully saturated rings. The third-order valence-electron chi connectivity index (χ3n) is 3.46. The number of nitrogens with one attached hydrogen (secondary N) is 2. The number of nitrogens with zero attached hydrogens (tertiary/aromatic N) is 1. The van der Waals surface area contributed by atoms with Gasteiger partial charge in [-0.1, -0.05) is 6.92 Å². The smallest absolute Gasteiger partial charge is 0.257 e. The van der Waals surface area contributed by atoms with Crippen LogP contribution in [0.3, 0.4) is 0 Å². The predicted octanol–water partition coefficient (Wildman–Crippen LogP) is 2.00. The lowest BCUT2D eigenvalue weighted by Gasteiger charge is -2.03. The monoisotopic (exact) mass is 311 g/mol. The molecule has 20 heavy (non-hydrogen) atoms. The number of sulfonamides is 1. The van der Waals surface area contributed by atoms with Gasteiger partial charge in [0.15, 0.2) is 5.03 Å². The number of thiophene rings is 1. The van der Waals surface area contributed by atoms with E-state index in [1.54, 1.807) is 11.3 Å². The van der Waals surface area contributed by atoms with Gasteiger partial charge in [0.25, 0.3) is 10.0 Å². The molecule has 0 saturated heterocycles. The fourth-order valence-corrected chi connectivity index (χ4v) is 4.62. The summed E-state index contributed by atoms with van der Waals surface area (Å²) < 4.78 is 26.9. The Morgan fingerprint density at radius 1 is 1.45 bits per heavy atom. The molecule has 0 spiro atoms. The van der Waals surface area contributed by atoms with Crippen LogP contribution in [0.1, 0.15) is 34.5 Å². The van der Waals surface area contributed by atoms with E-state index in [1.165, 1.54) is 23.1 Å². The Bertz CT molecular complexity index is 694. The molecule has 2 aromatic rings. The molecule has 0 atom stereocenters. The zero-order valence-corrected chi connectivity index (χ0v) is 12.9. The summed E-state index contributed by atoms with van der Waals surface area (Å²) >= 11 is 1.71. The molecule has 2 N–H and O–H groups in total. The minimum absolute atomic E-state index is 0.137. The number of hydrogen-bond acceptors (Lipinski definition) is 4. The zero-order chi connectivity index (χ0) is 14.2. The summed E-state index contributed by atoms with van der Waals surface area (Å²) in [4.78, 5) is 9.33. The van der Waals surface area contributed by atoms with Crippen LogP contribution in [-0.2, 0) is 35.8 Å². The van der Waals surface area contributed by atoms with Crippen molar-refractivity contribution in [1.29, 1.82) is 0 Å². The van der Waals surface area contributed by atoms with Crippen molar-refractivity contribution >= 4 is 21.4 Å². The van der Waals surface area contributed by atoms with Crippen LogP contribution in [0.2, 0.25) is 0 Å². The molecule has 3 rings (SSSR count). The minimum Gasteiger partial charge on any atom is -0.332 e. The maximum atomic E-state index is 12.1. The van der Waals surface area contributed by atoms with Crippen molar-refractivity contribution in [2.45, 2.75) is 44.2 Å². The minimum atomic E-state index is -3.50. The van der Waals surface area contributed by atoms with Crippen molar-refractivity contribution < 1.29 is 8.42 Å². The second-order valence-corrected chi connectivity index (χ2v) is 7.84. The fraction of sp³-hybridized carbons (Fsp3) is 0.462. The number of aryl methyl sites for hydroxylation is 3. The van der Waals surface area contributed by atoms with E-state index >= 15 is 0 Å². The van der Waals surface area contributed by atoms with Gasteiger partial charge in [-0.3, -0.25) is 0 Å². The lowest BCUT2D eigenvalue weighted by atomic mass is 10.2. The quantitative estimate of drug-likeness (QED) is 0.887. The van der Waals surface area contributed by atoms with Crippen LogP contribution in [0.4, 0.5) is 0 Å². The second kappa shape index (κ2) is 5.31. The van der Waals surface area contributed by atoms with E-state index in [2.05, 4.69) is 20.8 Å². The molecule has 0 aliphatic heterocycles. The molecule has 108 valence electrons. The molecule has 2 heterocycles. The third kappa shape index (κ3) is 2.65. The number of H-pyrrole nitrogens is 1. The van der Waals surface area contributed by atoms with Gasteiger partial charge in [-0.25, -0.2) is 18.1 Å². The van der Waals surface area contributed by atoms with Crippen molar-refractivity contribution in [3.05, 3.63) is 33.4 Å². The van der Waals surface area contributed by atoms with Gasteiger partial charge in [-0.2, -0.15) is 0 Å². The normalized spacial score (nSPS) is 14.7. The number of aromatic nitrogens is 2. The lowest BCUT2D eigenvalue weighted by molar-refractivity contribution is 0.578. The van der Waals surface area contributed by atoms with Crippen molar-refractivity contribution in [2.75, 3.05) is 0 Å². The number of fused-ring (bicyclic) bond motifs is 1. The second-order valence-electron chi connectivity index (χ2n) is 4.89. The largest absolute Gasteiger partial charge is 0.332 e. The molecule has 0 unspecified atom stereocenters. The van der Waals surface area contributed by atoms with Gasteiger partial charge in [0, 0.05) is 22.7 Å². The Labute approximate surface area is 122 Å². The summed E-state index contributed by atoms with van der Waals surface area (Å²) in [5.41, 5.74) is 1.39. The highest BCUT2D eigenvalue weighted by atomic mass is 32.2. The highest BCUT2D eigenvalue weighted by Gasteiger charge is 2.19. The van der Waals surface area contributed by atoms with Crippen LogP contribution < -0.4 is 4.72 Å². The Morgan fingerprint density at radius 3 is 3.00 bits per heavy atom. The van der Waals surface area contributed by atoms with E-state index in [0.717, 1.165) is 17.7 Å². The summed E-state index contributed by atoms with van der Waals surface area (Å²) in [6.45, 7) is 2.27. The van der Waals surface area contributed by atoms with Crippen molar-refractivity contribution in [2.24, 2.45) is 0 Å². The van der Waals surface area contributed by atoms with E-state index < -0.39 is 10.0 Å². The Balaban J connectivity index is 1.70. The Morgan fingerprint density at radius 2 is 2.30 bits per heavy atom. The molecule has 0 radical (unpaired) electrons. The number of aromatic amines is 1. The summed E-state index contributed by atoms with van der Waals surface area (Å²) in [5.74, 6) is 0.681. The van der Waals surface area contributed by atoms with Crippen LogP contribution in [0.25, 0.3) is 0 Å². The molecule has 5 nitrogen and oxygen atoms in total. The molecular weight excluding hydrogens is 294 g/mol. The van der Waals surface area contributed by atoms with Crippen LogP contribution in [0, 0.1) is 0 Å². The molecule has 1 aliphatic carbocycles. The standard InChI is InChI=1S/C13H17N3O2S2/c1-2-12-14-8-13(16-12)20(17,18)15-7-10-6-9-4-3-5-11(9)19-10/h6,8,15H,2-5,7H2,1H3,(H,14,16). The van der Waals surface area contributed by atoms with E-state index in [-0.39, 0.29) is 5.03 Å². The maximum Gasteiger partial charge on any atom is 0.257 e. The fourth-order valence-electron chi connectivity index (χ4n) is 2.38. The molecule has 7 heteroatoms. The molecule has 0 amide bonds. The van der Waals surface area contributed by atoms with Gasteiger partial charge in [-0.05, 0) is 30.9 Å². The van der Waals surface area contributed by atoms with E-state index in [0.29, 0.717) is 18.8 Å². The van der Waals surface area contributed by atoms with Crippen LogP contribution in [-0.4, -0.2) is 18.4 Å². The van der Waals surface area contributed by atoms with Gasteiger partial charge < -0.3 is 4.98 Å². The molecular formula is C13H17N3O2S2. The zero-order valence-electron chi connectivity index (χ0n) is 11.3. The highest BCUT2D eigenvalue weighted by Crippen LogP contribution is 2.30.